The van der Waals surface area contributed by atoms with Gasteiger partial charge in [-0.25, -0.2) is 0 Å². The predicted octanol–water partition coefficient (Wildman–Crippen LogP) is 4.17. The van der Waals surface area contributed by atoms with Gasteiger partial charge in [0.1, 0.15) is 0 Å². The molecule has 0 aliphatic heterocycles. The minimum Gasteiger partial charge on any atom is -0.481 e. The van der Waals surface area contributed by atoms with Crippen LogP contribution in [0.15, 0.2) is 54.6 Å². The molecule has 5 heteroatoms. The molecule has 0 spiro atoms. The van der Waals surface area contributed by atoms with Crippen LogP contribution in [0.1, 0.15) is 24.8 Å². The van der Waals surface area contributed by atoms with Crippen molar-refractivity contribution in [3.63, 3.8) is 0 Å². The molecule has 0 saturated heterocycles. The molecule has 2 rings (SSSR count). The normalized spacial score (nSPS) is 13.1. The number of carbonyl (C=O) groups excluding carboxylic acids is 1. The highest BCUT2D eigenvalue weighted by atomic mass is 35.5. The summed E-state index contributed by atoms with van der Waals surface area (Å²) in [7, 11) is 0. The lowest BCUT2D eigenvalue weighted by Gasteiger charge is -2.20. The van der Waals surface area contributed by atoms with Gasteiger partial charge in [0.25, 0.3) is 0 Å². The Balaban J connectivity index is 2.05. The summed E-state index contributed by atoms with van der Waals surface area (Å²) in [6.07, 6.45) is -0.0893. The van der Waals surface area contributed by atoms with Crippen LogP contribution in [-0.4, -0.2) is 17.0 Å². The van der Waals surface area contributed by atoms with Crippen LogP contribution in [0.25, 0.3) is 0 Å². The number of carbonyl (C=O) groups is 2. The van der Waals surface area contributed by atoms with Gasteiger partial charge in [0.15, 0.2) is 0 Å². The van der Waals surface area contributed by atoms with Crippen molar-refractivity contribution in [2.75, 3.05) is 5.32 Å². The molecule has 0 saturated carbocycles. The highest BCUT2D eigenvalue weighted by Gasteiger charge is 2.28. The van der Waals surface area contributed by atoms with E-state index in [4.69, 9.17) is 11.6 Å². The SMILES string of the molecule is CC(c1ccccc1)C(CC(=O)Nc1ccc(Cl)cc1)C(=O)O. The number of carboxylic acids is 1. The zero-order valence-corrected chi connectivity index (χ0v) is 13.5. The number of anilines is 1. The maximum atomic E-state index is 12.1. The van der Waals surface area contributed by atoms with Crippen molar-refractivity contribution in [3.8, 4) is 0 Å². The zero-order valence-electron chi connectivity index (χ0n) is 12.7. The summed E-state index contributed by atoms with van der Waals surface area (Å²) in [6.45, 7) is 1.82. The molecular formula is C18H18ClNO3. The van der Waals surface area contributed by atoms with Gasteiger partial charge in [-0.3, -0.25) is 9.59 Å². The molecule has 2 atom stereocenters. The maximum absolute atomic E-state index is 12.1. The number of rotatable bonds is 6. The number of aliphatic carboxylic acids is 1. The lowest BCUT2D eigenvalue weighted by Crippen LogP contribution is -2.26. The Morgan fingerprint density at radius 1 is 1.09 bits per heavy atom. The third-order valence-electron chi connectivity index (χ3n) is 3.78. The molecule has 2 unspecified atom stereocenters. The van der Waals surface area contributed by atoms with Gasteiger partial charge < -0.3 is 10.4 Å². The molecule has 1 amide bonds. The van der Waals surface area contributed by atoms with Gasteiger partial charge in [-0.1, -0.05) is 48.9 Å². The summed E-state index contributed by atoms with van der Waals surface area (Å²) < 4.78 is 0. The van der Waals surface area contributed by atoms with Crippen molar-refractivity contribution in [2.45, 2.75) is 19.3 Å². The molecule has 0 aliphatic carbocycles. The summed E-state index contributed by atoms with van der Waals surface area (Å²) in [6, 6.07) is 16.0. The fraction of sp³-hybridized carbons (Fsp3) is 0.222. The minimum atomic E-state index is -0.979. The molecule has 0 bridgehead atoms. The first-order valence-corrected chi connectivity index (χ1v) is 7.68. The van der Waals surface area contributed by atoms with E-state index in [1.54, 1.807) is 24.3 Å². The van der Waals surface area contributed by atoms with Crippen LogP contribution in [0.5, 0.6) is 0 Å². The van der Waals surface area contributed by atoms with Gasteiger partial charge in [0.05, 0.1) is 5.92 Å². The minimum absolute atomic E-state index is 0.0893. The van der Waals surface area contributed by atoms with Crippen LogP contribution >= 0.6 is 11.6 Å². The van der Waals surface area contributed by atoms with Crippen molar-refractivity contribution in [1.29, 1.82) is 0 Å². The van der Waals surface area contributed by atoms with Crippen LogP contribution in [0.2, 0.25) is 5.02 Å². The molecular weight excluding hydrogens is 314 g/mol. The van der Waals surface area contributed by atoms with Crippen molar-refractivity contribution >= 4 is 29.2 Å². The second-order valence-electron chi connectivity index (χ2n) is 5.40. The van der Waals surface area contributed by atoms with Crippen LogP contribution in [0.4, 0.5) is 5.69 Å². The third kappa shape index (κ3) is 4.83. The average Bonchev–Trinajstić information content (AvgIpc) is 2.55. The van der Waals surface area contributed by atoms with Crippen LogP contribution < -0.4 is 5.32 Å². The van der Waals surface area contributed by atoms with E-state index < -0.39 is 11.9 Å². The van der Waals surface area contributed by atoms with E-state index in [-0.39, 0.29) is 18.2 Å². The number of nitrogens with one attached hydrogen (secondary N) is 1. The van der Waals surface area contributed by atoms with E-state index in [1.807, 2.05) is 37.3 Å². The second kappa shape index (κ2) is 7.79. The van der Waals surface area contributed by atoms with Gasteiger partial charge >= 0.3 is 5.97 Å². The second-order valence-corrected chi connectivity index (χ2v) is 5.84. The Hall–Kier alpha value is -2.33. The molecule has 2 aromatic rings. The maximum Gasteiger partial charge on any atom is 0.307 e. The Kier molecular flexibility index (Phi) is 5.77. The first-order valence-electron chi connectivity index (χ1n) is 7.30. The summed E-state index contributed by atoms with van der Waals surface area (Å²) in [5.74, 6) is -2.36. The summed E-state index contributed by atoms with van der Waals surface area (Å²) in [5, 5.41) is 12.7. The van der Waals surface area contributed by atoms with E-state index in [0.29, 0.717) is 10.7 Å². The summed E-state index contributed by atoms with van der Waals surface area (Å²) in [4.78, 5) is 23.7. The smallest absolute Gasteiger partial charge is 0.307 e. The molecule has 0 aromatic heterocycles. The van der Waals surface area contributed by atoms with E-state index >= 15 is 0 Å². The van der Waals surface area contributed by atoms with Crippen molar-refractivity contribution < 1.29 is 14.7 Å². The van der Waals surface area contributed by atoms with Gasteiger partial charge in [0.2, 0.25) is 5.91 Å². The number of halogens is 1. The molecule has 120 valence electrons. The van der Waals surface area contributed by atoms with Crippen LogP contribution in [-0.2, 0) is 9.59 Å². The van der Waals surface area contributed by atoms with E-state index in [0.717, 1.165) is 5.56 Å². The predicted molar refractivity (Wildman–Crippen MR) is 90.7 cm³/mol. The first-order chi connectivity index (χ1) is 11.0. The quantitative estimate of drug-likeness (QED) is 0.834. The lowest BCUT2D eigenvalue weighted by molar-refractivity contribution is -0.144. The highest BCUT2D eigenvalue weighted by Crippen LogP contribution is 2.27. The number of benzene rings is 2. The van der Waals surface area contributed by atoms with Crippen molar-refractivity contribution in [3.05, 3.63) is 65.2 Å². The summed E-state index contributed by atoms with van der Waals surface area (Å²) >= 11 is 5.79. The standard InChI is InChI=1S/C18H18ClNO3/c1-12(13-5-3-2-4-6-13)16(18(22)23)11-17(21)20-15-9-7-14(19)8-10-15/h2-10,12,16H,11H2,1H3,(H,20,21)(H,22,23). The van der Waals surface area contributed by atoms with Crippen molar-refractivity contribution in [1.82, 2.24) is 0 Å². The molecule has 4 nitrogen and oxygen atoms in total. The third-order valence-corrected chi connectivity index (χ3v) is 4.03. The van der Waals surface area contributed by atoms with Crippen LogP contribution in [0.3, 0.4) is 0 Å². The zero-order chi connectivity index (χ0) is 16.8. The topological polar surface area (TPSA) is 66.4 Å². The lowest BCUT2D eigenvalue weighted by atomic mass is 9.85. The van der Waals surface area contributed by atoms with Crippen LogP contribution in [0, 0.1) is 5.92 Å². The fourth-order valence-electron chi connectivity index (χ4n) is 2.41. The first kappa shape index (κ1) is 17.0. The Morgan fingerprint density at radius 2 is 1.70 bits per heavy atom. The van der Waals surface area contributed by atoms with Gasteiger partial charge in [-0.2, -0.15) is 0 Å². The van der Waals surface area contributed by atoms with Gasteiger partial charge in [-0.15, -0.1) is 0 Å². The fourth-order valence-corrected chi connectivity index (χ4v) is 2.54. The molecule has 0 fully saturated rings. The molecule has 2 aromatic carbocycles. The molecule has 0 heterocycles. The van der Waals surface area contributed by atoms with E-state index in [2.05, 4.69) is 5.32 Å². The molecule has 2 N–H and O–H groups in total. The highest BCUT2D eigenvalue weighted by molar-refractivity contribution is 6.30. The van der Waals surface area contributed by atoms with E-state index in [9.17, 15) is 14.7 Å². The van der Waals surface area contributed by atoms with Crippen molar-refractivity contribution in [2.24, 2.45) is 5.92 Å². The number of hydrogen-bond acceptors (Lipinski definition) is 2. The average molecular weight is 332 g/mol. The number of hydrogen-bond donors (Lipinski definition) is 2. The Bertz CT molecular complexity index is 670. The van der Waals surface area contributed by atoms with Gasteiger partial charge in [0, 0.05) is 17.1 Å². The number of carboxylic acid groups (broad SMARTS) is 1. The molecule has 0 aliphatic rings. The Labute approximate surface area is 140 Å². The van der Waals surface area contributed by atoms with Gasteiger partial charge in [-0.05, 0) is 35.7 Å². The molecule has 0 radical (unpaired) electrons. The number of amides is 1. The van der Waals surface area contributed by atoms with E-state index in [1.165, 1.54) is 0 Å². The molecule has 23 heavy (non-hydrogen) atoms. The summed E-state index contributed by atoms with van der Waals surface area (Å²) in [5.41, 5.74) is 1.50. The largest absolute Gasteiger partial charge is 0.481 e. The monoisotopic (exact) mass is 331 g/mol. The Morgan fingerprint density at radius 3 is 2.26 bits per heavy atom.